The molecule has 4 heterocycles. The number of fused-ring (bicyclic) bond motifs is 1. The number of carboxylic acid groups (broad SMARTS) is 1. The zero-order chi connectivity index (χ0) is 23.2. The highest BCUT2D eigenvalue weighted by Crippen LogP contribution is 2.34. The molecule has 1 N–H and O–H groups in total. The Bertz CT molecular complexity index is 1210. The van der Waals surface area contributed by atoms with Gasteiger partial charge in [-0.05, 0) is 42.9 Å². The lowest BCUT2D eigenvalue weighted by Gasteiger charge is -2.36. The Balaban J connectivity index is 1.87. The quantitative estimate of drug-likeness (QED) is 0.536. The van der Waals surface area contributed by atoms with Crippen LogP contribution in [-0.4, -0.2) is 55.2 Å². The Morgan fingerprint density at radius 2 is 1.97 bits per heavy atom. The van der Waals surface area contributed by atoms with Crippen molar-refractivity contribution < 1.29 is 14.7 Å². The molecule has 10 heteroatoms. The minimum absolute atomic E-state index is 0.162. The lowest BCUT2D eigenvalue weighted by molar-refractivity contribution is -0.140. The van der Waals surface area contributed by atoms with Crippen molar-refractivity contribution in [2.45, 2.75) is 27.2 Å². The maximum Gasteiger partial charge on any atom is 0.323 e. The molecule has 4 rings (SSSR count). The number of amides is 1. The molecule has 0 spiro atoms. The molecule has 2 aliphatic rings. The summed E-state index contributed by atoms with van der Waals surface area (Å²) in [5.74, 6) is -0.233. The minimum atomic E-state index is -1.15. The summed E-state index contributed by atoms with van der Waals surface area (Å²) in [7, 11) is 0. The number of carbonyl (C=O) groups excluding carboxylic acids is 1. The van der Waals surface area contributed by atoms with Crippen LogP contribution >= 0.6 is 24.0 Å². The van der Waals surface area contributed by atoms with Gasteiger partial charge >= 0.3 is 5.97 Å². The second kappa shape index (κ2) is 8.67. The molecule has 32 heavy (non-hydrogen) atoms. The predicted octanol–water partition coefficient (Wildman–Crippen LogP) is 2.77. The molecule has 0 radical (unpaired) electrons. The number of thioether (sulfide) groups is 1. The third-order valence-corrected chi connectivity index (χ3v) is 6.97. The zero-order valence-electron chi connectivity index (χ0n) is 18.1. The SMILES string of the molecule is Cc1ccc2nc(N3CC(C)CC(C)C3)c(/C=C3/SC(=S)N(CC(=O)O)C3=O)c(=O)n2c1. The fourth-order valence-electron chi connectivity index (χ4n) is 4.35. The van der Waals surface area contributed by atoms with Gasteiger partial charge in [-0.1, -0.05) is 43.9 Å². The first kappa shape index (κ1) is 22.5. The van der Waals surface area contributed by atoms with Crippen molar-refractivity contribution in [2.75, 3.05) is 24.5 Å². The highest BCUT2D eigenvalue weighted by Gasteiger charge is 2.34. The molecular formula is C22H24N4O4S2. The van der Waals surface area contributed by atoms with Crippen LogP contribution in [0.1, 0.15) is 31.4 Å². The van der Waals surface area contributed by atoms with Gasteiger partial charge in [0.05, 0.1) is 10.5 Å². The van der Waals surface area contributed by atoms with Crippen LogP contribution in [0.25, 0.3) is 11.7 Å². The Labute approximate surface area is 194 Å². The highest BCUT2D eigenvalue weighted by molar-refractivity contribution is 8.26. The molecule has 2 aromatic heterocycles. The summed E-state index contributed by atoms with van der Waals surface area (Å²) in [4.78, 5) is 45.6. The number of aromatic nitrogens is 2. The monoisotopic (exact) mass is 472 g/mol. The normalized spacial score (nSPS) is 22.9. The number of carboxylic acids is 1. The van der Waals surface area contributed by atoms with E-state index in [1.165, 1.54) is 10.5 Å². The fraction of sp³-hybridized carbons (Fsp3) is 0.409. The molecule has 0 aromatic carbocycles. The van der Waals surface area contributed by atoms with Gasteiger partial charge in [0.15, 0.2) is 0 Å². The molecule has 0 bridgehead atoms. The molecular weight excluding hydrogens is 448 g/mol. The Morgan fingerprint density at radius 1 is 1.28 bits per heavy atom. The average Bonchev–Trinajstić information content (AvgIpc) is 2.96. The molecule has 2 saturated heterocycles. The number of hydrogen-bond acceptors (Lipinski definition) is 7. The van der Waals surface area contributed by atoms with Crippen LogP contribution in [0.3, 0.4) is 0 Å². The summed E-state index contributed by atoms with van der Waals surface area (Å²) in [6.07, 6.45) is 4.35. The van der Waals surface area contributed by atoms with E-state index in [0.717, 1.165) is 41.7 Å². The van der Waals surface area contributed by atoms with Crippen molar-refractivity contribution >= 4 is 57.7 Å². The Hall–Kier alpha value is -2.72. The molecule has 0 saturated carbocycles. The van der Waals surface area contributed by atoms with E-state index in [9.17, 15) is 14.4 Å². The molecule has 168 valence electrons. The van der Waals surface area contributed by atoms with Gasteiger partial charge in [-0.2, -0.15) is 0 Å². The molecule has 2 atom stereocenters. The van der Waals surface area contributed by atoms with Gasteiger partial charge in [0.2, 0.25) is 0 Å². The van der Waals surface area contributed by atoms with Crippen molar-refractivity contribution in [1.82, 2.24) is 14.3 Å². The van der Waals surface area contributed by atoms with E-state index in [0.29, 0.717) is 28.9 Å². The van der Waals surface area contributed by atoms with Gasteiger partial charge in [0, 0.05) is 19.3 Å². The van der Waals surface area contributed by atoms with Crippen molar-refractivity contribution in [1.29, 1.82) is 0 Å². The smallest absolute Gasteiger partial charge is 0.323 e. The van der Waals surface area contributed by atoms with E-state index >= 15 is 0 Å². The first-order valence-electron chi connectivity index (χ1n) is 10.4. The van der Waals surface area contributed by atoms with Crippen LogP contribution in [-0.2, 0) is 9.59 Å². The van der Waals surface area contributed by atoms with Crippen molar-refractivity contribution in [3.8, 4) is 0 Å². The van der Waals surface area contributed by atoms with Crippen molar-refractivity contribution in [3.63, 3.8) is 0 Å². The van der Waals surface area contributed by atoms with E-state index < -0.39 is 18.4 Å². The zero-order valence-corrected chi connectivity index (χ0v) is 19.7. The standard InChI is InChI=1S/C22H24N4O4S2/c1-12-4-5-17-23-19(24-8-13(2)6-14(3)9-24)15(20(29)25(17)10-12)7-16-21(30)26(11-18(27)28)22(31)32-16/h4-5,7,10,13-14H,6,8-9,11H2,1-3H3,(H,27,28)/b16-7+. The van der Waals surface area contributed by atoms with Gasteiger partial charge in [-0.3, -0.25) is 23.7 Å². The fourth-order valence-corrected chi connectivity index (χ4v) is 5.59. The number of piperidine rings is 1. The third-order valence-electron chi connectivity index (χ3n) is 5.60. The van der Waals surface area contributed by atoms with E-state index in [-0.39, 0.29) is 14.8 Å². The average molecular weight is 473 g/mol. The van der Waals surface area contributed by atoms with E-state index in [4.69, 9.17) is 22.3 Å². The van der Waals surface area contributed by atoms with E-state index in [2.05, 4.69) is 18.7 Å². The summed E-state index contributed by atoms with van der Waals surface area (Å²) in [6.45, 7) is 7.27. The van der Waals surface area contributed by atoms with Gasteiger partial charge in [-0.25, -0.2) is 4.98 Å². The number of pyridine rings is 1. The maximum atomic E-state index is 13.5. The molecule has 2 fully saturated rings. The van der Waals surface area contributed by atoms with Gasteiger partial charge in [0.1, 0.15) is 22.3 Å². The molecule has 8 nitrogen and oxygen atoms in total. The minimum Gasteiger partial charge on any atom is -0.480 e. The number of nitrogens with zero attached hydrogens (tertiary/aromatic N) is 4. The molecule has 0 aliphatic carbocycles. The number of carbonyl (C=O) groups is 2. The molecule has 2 aliphatic heterocycles. The second-order valence-electron chi connectivity index (χ2n) is 8.60. The van der Waals surface area contributed by atoms with Crippen molar-refractivity contribution in [2.24, 2.45) is 11.8 Å². The Kier molecular flexibility index (Phi) is 6.09. The summed E-state index contributed by atoms with van der Waals surface area (Å²) in [5, 5.41) is 9.09. The molecule has 1 amide bonds. The number of thiocarbonyl (C=S) groups is 1. The largest absolute Gasteiger partial charge is 0.480 e. The molecule has 2 aromatic rings. The van der Waals surface area contributed by atoms with Gasteiger partial charge in [0.25, 0.3) is 11.5 Å². The number of hydrogen-bond donors (Lipinski definition) is 1. The van der Waals surface area contributed by atoms with Crippen LogP contribution < -0.4 is 10.5 Å². The van der Waals surface area contributed by atoms with Crippen molar-refractivity contribution in [3.05, 3.63) is 44.7 Å². The van der Waals surface area contributed by atoms with Crippen LogP contribution in [0.4, 0.5) is 5.82 Å². The third kappa shape index (κ3) is 4.29. The Morgan fingerprint density at radius 3 is 2.62 bits per heavy atom. The number of aliphatic carboxylic acids is 1. The van der Waals surface area contributed by atoms with E-state index in [1.54, 1.807) is 6.20 Å². The number of rotatable bonds is 4. The summed E-state index contributed by atoms with van der Waals surface area (Å²) < 4.78 is 1.65. The predicted molar refractivity (Wildman–Crippen MR) is 129 cm³/mol. The van der Waals surface area contributed by atoms with Crippen LogP contribution in [0, 0.1) is 18.8 Å². The highest BCUT2D eigenvalue weighted by atomic mass is 32.2. The number of anilines is 1. The summed E-state index contributed by atoms with van der Waals surface area (Å²) in [5.41, 5.74) is 1.48. The maximum absolute atomic E-state index is 13.5. The first-order chi connectivity index (χ1) is 15.1. The van der Waals surface area contributed by atoms with Gasteiger partial charge < -0.3 is 10.0 Å². The van der Waals surface area contributed by atoms with Crippen LogP contribution in [0.2, 0.25) is 0 Å². The van der Waals surface area contributed by atoms with Crippen LogP contribution in [0.5, 0.6) is 0 Å². The second-order valence-corrected chi connectivity index (χ2v) is 10.3. The molecule has 2 unspecified atom stereocenters. The van der Waals surface area contributed by atoms with E-state index in [1.807, 2.05) is 19.1 Å². The van der Waals surface area contributed by atoms with Gasteiger partial charge in [-0.15, -0.1) is 0 Å². The summed E-state index contributed by atoms with van der Waals surface area (Å²) in [6, 6.07) is 3.72. The first-order valence-corrected chi connectivity index (χ1v) is 11.6. The van der Waals surface area contributed by atoms with Crippen LogP contribution in [0.15, 0.2) is 28.0 Å². The number of aryl methyl sites for hydroxylation is 1. The lowest BCUT2D eigenvalue weighted by atomic mass is 9.91. The summed E-state index contributed by atoms with van der Waals surface area (Å²) >= 11 is 6.20. The lowest BCUT2D eigenvalue weighted by Crippen LogP contribution is -2.40. The topological polar surface area (TPSA) is 95.2 Å².